The Balaban J connectivity index is 2.16. The maximum absolute atomic E-state index is 13.6. The SMILES string of the molecule is Fc1ccc(Br)cc1COc1ccc(Cl)cc1CBr. The van der Waals surface area contributed by atoms with E-state index in [1.165, 1.54) is 6.07 Å². The van der Waals surface area contributed by atoms with Gasteiger partial charge >= 0.3 is 0 Å². The lowest BCUT2D eigenvalue weighted by atomic mass is 10.2. The van der Waals surface area contributed by atoms with Gasteiger partial charge in [0.05, 0.1) is 0 Å². The number of hydrogen-bond acceptors (Lipinski definition) is 1. The first-order chi connectivity index (χ1) is 9.10. The van der Waals surface area contributed by atoms with Gasteiger partial charge in [-0.2, -0.15) is 0 Å². The Morgan fingerprint density at radius 3 is 2.63 bits per heavy atom. The smallest absolute Gasteiger partial charge is 0.129 e. The Kier molecular flexibility index (Phi) is 5.25. The number of ether oxygens (including phenoxy) is 1. The molecule has 0 amide bonds. The van der Waals surface area contributed by atoms with E-state index in [0.717, 1.165) is 10.0 Å². The van der Waals surface area contributed by atoms with Crippen LogP contribution in [-0.4, -0.2) is 0 Å². The summed E-state index contributed by atoms with van der Waals surface area (Å²) in [7, 11) is 0. The molecule has 0 radical (unpaired) electrons. The molecule has 0 aliphatic heterocycles. The third kappa shape index (κ3) is 3.94. The van der Waals surface area contributed by atoms with Gasteiger partial charge in [-0.3, -0.25) is 0 Å². The van der Waals surface area contributed by atoms with Gasteiger partial charge in [0.1, 0.15) is 18.2 Å². The Labute approximate surface area is 133 Å². The molecule has 0 fully saturated rings. The zero-order chi connectivity index (χ0) is 13.8. The van der Waals surface area contributed by atoms with E-state index in [-0.39, 0.29) is 12.4 Å². The van der Waals surface area contributed by atoms with Crippen LogP contribution < -0.4 is 4.74 Å². The average Bonchev–Trinajstić information content (AvgIpc) is 2.40. The van der Waals surface area contributed by atoms with Crippen molar-refractivity contribution in [2.45, 2.75) is 11.9 Å². The highest BCUT2D eigenvalue weighted by molar-refractivity contribution is 9.10. The van der Waals surface area contributed by atoms with Crippen molar-refractivity contribution in [3.63, 3.8) is 0 Å². The normalized spacial score (nSPS) is 10.5. The van der Waals surface area contributed by atoms with Gasteiger partial charge in [0, 0.05) is 26.0 Å². The van der Waals surface area contributed by atoms with E-state index in [9.17, 15) is 4.39 Å². The van der Waals surface area contributed by atoms with Crippen molar-refractivity contribution in [2.24, 2.45) is 0 Å². The van der Waals surface area contributed by atoms with Crippen LogP contribution in [0.1, 0.15) is 11.1 Å². The quantitative estimate of drug-likeness (QED) is 0.589. The van der Waals surface area contributed by atoms with E-state index in [1.54, 1.807) is 24.3 Å². The van der Waals surface area contributed by atoms with Crippen LogP contribution >= 0.6 is 43.5 Å². The van der Waals surface area contributed by atoms with Crippen LogP contribution in [-0.2, 0) is 11.9 Å². The highest BCUT2D eigenvalue weighted by atomic mass is 79.9. The van der Waals surface area contributed by atoms with Gasteiger partial charge in [0.2, 0.25) is 0 Å². The zero-order valence-corrected chi connectivity index (χ0v) is 13.7. The first-order valence-corrected chi connectivity index (χ1v) is 7.80. The minimum Gasteiger partial charge on any atom is -0.488 e. The van der Waals surface area contributed by atoms with Crippen molar-refractivity contribution in [3.8, 4) is 5.75 Å². The predicted octanol–water partition coefficient (Wildman–Crippen LogP) is 5.72. The molecule has 19 heavy (non-hydrogen) atoms. The standard InChI is InChI=1S/C14H10Br2ClFO/c15-7-9-6-12(17)2-4-14(9)19-8-10-5-11(16)1-3-13(10)18/h1-6H,7-8H2. The van der Waals surface area contributed by atoms with Gasteiger partial charge in [-0.25, -0.2) is 4.39 Å². The van der Waals surface area contributed by atoms with Crippen LogP contribution in [0.2, 0.25) is 5.02 Å². The molecule has 0 bridgehead atoms. The van der Waals surface area contributed by atoms with Crippen molar-refractivity contribution in [3.05, 3.63) is 62.8 Å². The first-order valence-electron chi connectivity index (χ1n) is 5.51. The molecule has 0 heterocycles. The monoisotopic (exact) mass is 406 g/mol. The van der Waals surface area contributed by atoms with Crippen molar-refractivity contribution < 1.29 is 9.13 Å². The van der Waals surface area contributed by atoms with Crippen LogP contribution in [0, 0.1) is 5.82 Å². The van der Waals surface area contributed by atoms with Crippen LogP contribution in [0.5, 0.6) is 5.75 Å². The Morgan fingerprint density at radius 1 is 1.11 bits per heavy atom. The Hall–Kier alpha value is -0.580. The lowest BCUT2D eigenvalue weighted by molar-refractivity contribution is 0.297. The summed E-state index contributed by atoms with van der Waals surface area (Å²) in [5.74, 6) is 0.415. The minimum absolute atomic E-state index is 0.174. The van der Waals surface area contributed by atoms with Gasteiger partial charge in [-0.1, -0.05) is 43.5 Å². The zero-order valence-electron chi connectivity index (χ0n) is 9.80. The molecule has 2 aromatic rings. The van der Waals surface area contributed by atoms with E-state index in [4.69, 9.17) is 16.3 Å². The second-order valence-corrected chi connectivity index (χ2v) is 5.82. The third-order valence-corrected chi connectivity index (χ3v) is 3.89. The van der Waals surface area contributed by atoms with Gasteiger partial charge < -0.3 is 4.74 Å². The van der Waals surface area contributed by atoms with Gasteiger partial charge in [0.15, 0.2) is 0 Å². The molecule has 0 N–H and O–H groups in total. The summed E-state index contributed by atoms with van der Waals surface area (Å²) in [6, 6.07) is 10.1. The fourth-order valence-corrected chi connectivity index (χ4v) is 2.64. The average molecular weight is 408 g/mol. The van der Waals surface area contributed by atoms with Crippen LogP contribution in [0.3, 0.4) is 0 Å². The molecule has 0 saturated carbocycles. The maximum atomic E-state index is 13.6. The molecule has 100 valence electrons. The molecule has 0 saturated heterocycles. The summed E-state index contributed by atoms with van der Waals surface area (Å²) in [5.41, 5.74) is 1.44. The molecule has 0 spiro atoms. The van der Waals surface area contributed by atoms with Crippen LogP contribution in [0.25, 0.3) is 0 Å². The number of alkyl halides is 1. The van der Waals surface area contributed by atoms with E-state index >= 15 is 0 Å². The summed E-state index contributed by atoms with van der Waals surface area (Å²) in [6.07, 6.45) is 0. The number of halogens is 4. The van der Waals surface area contributed by atoms with Crippen LogP contribution in [0.15, 0.2) is 40.9 Å². The topological polar surface area (TPSA) is 9.23 Å². The van der Waals surface area contributed by atoms with Crippen molar-refractivity contribution in [2.75, 3.05) is 0 Å². The predicted molar refractivity (Wildman–Crippen MR) is 82.5 cm³/mol. The molecular formula is C14H10Br2ClFO. The second-order valence-electron chi connectivity index (χ2n) is 3.91. The Morgan fingerprint density at radius 2 is 1.89 bits per heavy atom. The number of benzene rings is 2. The molecule has 0 aliphatic carbocycles. The lowest BCUT2D eigenvalue weighted by Crippen LogP contribution is -2.00. The van der Waals surface area contributed by atoms with Gasteiger partial charge in [-0.15, -0.1) is 0 Å². The molecule has 0 unspecified atom stereocenters. The van der Waals surface area contributed by atoms with Crippen molar-refractivity contribution in [1.82, 2.24) is 0 Å². The van der Waals surface area contributed by atoms with E-state index in [1.807, 2.05) is 6.07 Å². The minimum atomic E-state index is -0.280. The van der Waals surface area contributed by atoms with E-state index in [0.29, 0.717) is 21.7 Å². The summed E-state index contributed by atoms with van der Waals surface area (Å²) < 4.78 is 20.1. The third-order valence-electron chi connectivity index (χ3n) is 2.56. The molecule has 0 aliphatic rings. The van der Waals surface area contributed by atoms with E-state index in [2.05, 4.69) is 31.9 Å². The molecule has 0 atom stereocenters. The molecule has 2 rings (SSSR count). The lowest BCUT2D eigenvalue weighted by Gasteiger charge is -2.11. The van der Waals surface area contributed by atoms with Crippen molar-refractivity contribution in [1.29, 1.82) is 0 Å². The molecule has 5 heteroatoms. The fraction of sp³-hybridized carbons (Fsp3) is 0.143. The van der Waals surface area contributed by atoms with Crippen molar-refractivity contribution >= 4 is 43.5 Å². The summed E-state index contributed by atoms with van der Waals surface area (Å²) in [5, 5.41) is 1.28. The molecular weight excluding hydrogens is 398 g/mol. The highest BCUT2D eigenvalue weighted by Gasteiger charge is 2.07. The van der Waals surface area contributed by atoms with Crippen LogP contribution in [0.4, 0.5) is 4.39 Å². The summed E-state index contributed by atoms with van der Waals surface area (Å²) in [6.45, 7) is 0.174. The summed E-state index contributed by atoms with van der Waals surface area (Å²) >= 11 is 12.6. The largest absolute Gasteiger partial charge is 0.488 e. The number of hydrogen-bond donors (Lipinski definition) is 0. The molecule has 0 aromatic heterocycles. The van der Waals surface area contributed by atoms with Gasteiger partial charge in [-0.05, 0) is 36.4 Å². The maximum Gasteiger partial charge on any atom is 0.129 e. The molecule has 1 nitrogen and oxygen atoms in total. The first kappa shape index (κ1) is 14.8. The highest BCUT2D eigenvalue weighted by Crippen LogP contribution is 2.26. The van der Waals surface area contributed by atoms with E-state index < -0.39 is 0 Å². The molecule has 2 aromatic carbocycles. The summed E-state index contributed by atoms with van der Waals surface area (Å²) in [4.78, 5) is 0. The Bertz CT molecular complexity index is 590. The number of rotatable bonds is 4. The second kappa shape index (κ2) is 6.73. The van der Waals surface area contributed by atoms with Gasteiger partial charge in [0.25, 0.3) is 0 Å². The fourth-order valence-electron chi connectivity index (χ4n) is 1.60.